The molecule has 0 aliphatic heterocycles. The molecule has 3 rings (SSSR count). The number of nitrogens with one attached hydrogen (secondary N) is 2. The van der Waals surface area contributed by atoms with E-state index in [2.05, 4.69) is 51.3 Å². The molecule has 142 valence electrons. The molecule has 0 atom stereocenters. The lowest BCUT2D eigenvalue weighted by molar-refractivity contribution is 0.546. The molecule has 0 amide bonds. The number of hydrogen-bond acceptors (Lipinski definition) is 7. The van der Waals surface area contributed by atoms with Gasteiger partial charge >= 0.3 is 0 Å². The van der Waals surface area contributed by atoms with Crippen LogP contribution in [0.1, 0.15) is 46.0 Å². The minimum atomic E-state index is -0.523. The molecule has 27 heavy (non-hydrogen) atoms. The quantitative estimate of drug-likeness (QED) is 0.648. The molecule has 4 N–H and O–H groups in total. The first-order valence-corrected chi connectivity index (χ1v) is 8.96. The van der Waals surface area contributed by atoms with Crippen LogP contribution in [0.2, 0.25) is 0 Å². The van der Waals surface area contributed by atoms with Crippen LogP contribution in [0.25, 0.3) is 10.8 Å². The van der Waals surface area contributed by atoms with Gasteiger partial charge in [-0.2, -0.15) is 0 Å². The Balaban J connectivity index is 2.06. The summed E-state index contributed by atoms with van der Waals surface area (Å²) in [5, 5.41) is 8.32. The van der Waals surface area contributed by atoms with Crippen LogP contribution in [0.4, 0.5) is 17.5 Å². The zero-order valence-electron chi connectivity index (χ0n) is 16.8. The van der Waals surface area contributed by atoms with Gasteiger partial charge in [0.1, 0.15) is 23.3 Å². The van der Waals surface area contributed by atoms with Crippen molar-refractivity contribution in [3.8, 4) is 0 Å². The van der Waals surface area contributed by atoms with Crippen molar-refractivity contribution in [2.24, 2.45) is 5.73 Å². The van der Waals surface area contributed by atoms with E-state index in [9.17, 15) is 0 Å². The van der Waals surface area contributed by atoms with Gasteiger partial charge in [0.25, 0.3) is 0 Å². The van der Waals surface area contributed by atoms with Crippen LogP contribution < -0.4 is 16.4 Å². The molecule has 0 spiro atoms. The monoisotopic (exact) mass is 365 g/mol. The van der Waals surface area contributed by atoms with E-state index in [1.54, 1.807) is 12.4 Å². The molecule has 0 radical (unpaired) electrons. The molecule has 0 saturated carbocycles. The first-order valence-electron chi connectivity index (χ1n) is 8.96. The summed E-state index contributed by atoms with van der Waals surface area (Å²) < 4.78 is 0. The van der Waals surface area contributed by atoms with E-state index in [4.69, 9.17) is 5.73 Å². The average Bonchev–Trinajstić information content (AvgIpc) is 2.59. The predicted octanol–water partition coefficient (Wildman–Crippen LogP) is 3.70. The Labute approximate surface area is 159 Å². The molecule has 0 unspecified atom stereocenters. The Hall–Kier alpha value is -2.80. The van der Waals surface area contributed by atoms with Crippen molar-refractivity contribution in [1.29, 1.82) is 0 Å². The molecule has 0 aliphatic carbocycles. The summed E-state index contributed by atoms with van der Waals surface area (Å²) in [4.78, 5) is 18.0. The highest BCUT2D eigenvalue weighted by atomic mass is 15.1. The second kappa shape index (κ2) is 6.74. The Morgan fingerprint density at radius 2 is 1.67 bits per heavy atom. The SMILES string of the molecule is CNc1ncc(C(C)(C)N)c2cc(Nc3ccnc(C(C)(C)C)n3)ncc12. The normalized spacial score (nSPS) is 12.3. The van der Waals surface area contributed by atoms with Crippen LogP contribution in [-0.2, 0) is 11.0 Å². The maximum absolute atomic E-state index is 6.36. The van der Waals surface area contributed by atoms with Crippen molar-refractivity contribution in [1.82, 2.24) is 19.9 Å². The molecule has 7 heteroatoms. The van der Waals surface area contributed by atoms with Gasteiger partial charge in [0, 0.05) is 42.0 Å². The van der Waals surface area contributed by atoms with E-state index in [0.717, 1.165) is 28.0 Å². The summed E-state index contributed by atoms with van der Waals surface area (Å²) in [5.41, 5.74) is 6.67. The van der Waals surface area contributed by atoms with Crippen molar-refractivity contribution < 1.29 is 0 Å². The molecule has 0 aliphatic rings. The number of anilines is 3. The number of nitrogens with zero attached hydrogens (tertiary/aromatic N) is 4. The molecular weight excluding hydrogens is 338 g/mol. The Bertz CT molecular complexity index is 968. The third-order valence-electron chi connectivity index (χ3n) is 4.29. The maximum Gasteiger partial charge on any atom is 0.135 e. The van der Waals surface area contributed by atoms with Crippen molar-refractivity contribution in [3.05, 3.63) is 42.1 Å². The van der Waals surface area contributed by atoms with Gasteiger partial charge in [0.2, 0.25) is 0 Å². The molecule has 3 aromatic rings. The summed E-state index contributed by atoms with van der Waals surface area (Å²) in [6, 6.07) is 3.82. The molecule has 0 bridgehead atoms. The highest BCUT2D eigenvalue weighted by Gasteiger charge is 2.20. The second-order valence-electron chi connectivity index (χ2n) is 8.25. The van der Waals surface area contributed by atoms with Crippen molar-refractivity contribution in [3.63, 3.8) is 0 Å². The van der Waals surface area contributed by atoms with Gasteiger partial charge in [-0.3, -0.25) is 0 Å². The number of rotatable bonds is 4. The summed E-state index contributed by atoms with van der Waals surface area (Å²) in [7, 11) is 1.84. The third-order valence-corrected chi connectivity index (χ3v) is 4.29. The minimum Gasteiger partial charge on any atom is -0.373 e. The first-order chi connectivity index (χ1) is 12.6. The number of fused-ring (bicyclic) bond motifs is 1. The number of nitrogens with two attached hydrogens (primary N) is 1. The van der Waals surface area contributed by atoms with Crippen molar-refractivity contribution in [2.75, 3.05) is 17.7 Å². The predicted molar refractivity (Wildman–Crippen MR) is 110 cm³/mol. The Morgan fingerprint density at radius 3 is 2.30 bits per heavy atom. The van der Waals surface area contributed by atoms with Gasteiger partial charge in [-0.25, -0.2) is 19.9 Å². The molecular formula is C20H27N7. The van der Waals surface area contributed by atoms with Gasteiger partial charge in [0.05, 0.1) is 0 Å². The minimum absolute atomic E-state index is 0.126. The zero-order chi connectivity index (χ0) is 19.8. The second-order valence-corrected chi connectivity index (χ2v) is 8.25. The summed E-state index contributed by atoms with van der Waals surface area (Å²) >= 11 is 0. The van der Waals surface area contributed by atoms with Crippen LogP contribution in [0.3, 0.4) is 0 Å². The smallest absolute Gasteiger partial charge is 0.135 e. The van der Waals surface area contributed by atoms with Crippen molar-refractivity contribution >= 4 is 28.2 Å². The van der Waals surface area contributed by atoms with E-state index in [0.29, 0.717) is 11.6 Å². The van der Waals surface area contributed by atoms with E-state index < -0.39 is 5.54 Å². The molecule has 0 fully saturated rings. The Kier molecular flexibility index (Phi) is 4.73. The molecule has 0 aromatic carbocycles. The third kappa shape index (κ3) is 3.98. The van der Waals surface area contributed by atoms with Gasteiger partial charge in [-0.15, -0.1) is 0 Å². The number of aromatic nitrogens is 4. The largest absolute Gasteiger partial charge is 0.373 e. The fourth-order valence-electron chi connectivity index (χ4n) is 2.84. The van der Waals surface area contributed by atoms with Gasteiger partial charge < -0.3 is 16.4 Å². The number of pyridine rings is 2. The van der Waals surface area contributed by atoms with E-state index >= 15 is 0 Å². The summed E-state index contributed by atoms with van der Waals surface area (Å²) in [5.74, 6) is 2.95. The molecule has 0 saturated heterocycles. The highest BCUT2D eigenvalue weighted by Crippen LogP contribution is 2.31. The summed E-state index contributed by atoms with van der Waals surface area (Å²) in [6.07, 6.45) is 5.38. The van der Waals surface area contributed by atoms with E-state index in [1.165, 1.54) is 0 Å². The topological polar surface area (TPSA) is 102 Å². The maximum atomic E-state index is 6.36. The van der Waals surface area contributed by atoms with Crippen molar-refractivity contribution in [2.45, 2.75) is 45.6 Å². The van der Waals surface area contributed by atoms with E-state index in [1.807, 2.05) is 39.2 Å². The highest BCUT2D eigenvalue weighted by molar-refractivity contribution is 5.95. The van der Waals surface area contributed by atoms with Crippen LogP contribution in [0, 0.1) is 0 Å². The van der Waals surface area contributed by atoms with Crippen LogP contribution >= 0.6 is 0 Å². The fraction of sp³-hybridized carbons (Fsp3) is 0.400. The van der Waals surface area contributed by atoms with Gasteiger partial charge in [0.15, 0.2) is 0 Å². The van der Waals surface area contributed by atoms with Crippen LogP contribution in [0.5, 0.6) is 0 Å². The van der Waals surface area contributed by atoms with Crippen LogP contribution in [-0.4, -0.2) is 27.0 Å². The lowest BCUT2D eigenvalue weighted by atomic mass is 9.93. The van der Waals surface area contributed by atoms with Gasteiger partial charge in [-0.1, -0.05) is 20.8 Å². The number of hydrogen-bond donors (Lipinski definition) is 3. The first kappa shape index (κ1) is 19.0. The molecule has 7 nitrogen and oxygen atoms in total. The Morgan fingerprint density at radius 1 is 0.926 bits per heavy atom. The fourth-order valence-corrected chi connectivity index (χ4v) is 2.84. The lowest BCUT2D eigenvalue weighted by Crippen LogP contribution is -2.29. The van der Waals surface area contributed by atoms with Gasteiger partial charge in [-0.05, 0) is 36.9 Å². The van der Waals surface area contributed by atoms with E-state index in [-0.39, 0.29) is 5.41 Å². The average molecular weight is 365 g/mol. The lowest BCUT2D eigenvalue weighted by Gasteiger charge is -2.22. The summed E-state index contributed by atoms with van der Waals surface area (Å²) in [6.45, 7) is 10.2. The zero-order valence-corrected chi connectivity index (χ0v) is 16.8. The molecule has 3 heterocycles. The van der Waals surface area contributed by atoms with Crippen LogP contribution in [0.15, 0.2) is 30.7 Å². The standard InChI is InChI=1S/C20H27N7/c1-19(2,3)18-23-8-7-15(27-18)26-16-9-12-13(10-24-16)17(22-6)25-11-14(12)20(4,5)21/h7-11H,21H2,1-6H3,(H,22,25)(H,23,24,26,27). The molecule has 3 aromatic heterocycles.